The Bertz CT molecular complexity index is 542. The van der Waals surface area contributed by atoms with E-state index in [1.54, 1.807) is 11.4 Å². The monoisotopic (exact) mass is 331 g/mol. The van der Waals surface area contributed by atoms with Gasteiger partial charge in [0.05, 0.1) is 4.90 Å². The molecule has 0 aromatic carbocycles. The maximum Gasteiger partial charge on any atom is 0.241 e. The molecule has 1 unspecified atom stereocenters. The van der Waals surface area contributed by atoms with Gasteiger partial charge in [-0.05, 0) is 50.7 Å². The zero-order valence-corrected chi connectivity index (χ0v) is 14.2. The first-order valence-electron chi connectivity index (χ1n) is 7.55. The number of thiophene rings is 1. The number of hydrogen-bond donors (Lipinski definition) is 2. The quantitative estimate of drug-likeness (QED) is 0.747. The lowest BCUT2D eigenvalue weighted by atomic mass is 10.0. The maximum atomic E-state index is 12.2. The molecule has 1 aromatic rings. The number of nitrogens with one attached hydrogen (secondary N) is 1. The molecule has 0 amide bonds. The lowest BCUT2D eigenvalue weighted by molar-refractivity contribution is 0.159. The predicted octanol–water partition coefficient (Wildman–Crippen LogP) is 1.75. The minimum atomic E-state index is -3.41. The number of rotatable bonds is 7. The third-order valence-electron chi connectivity index (χ3n) is 4.03. The van der Waals surface area contributed by atoms with Crippen LogP contribution in [0, 0.1) is 0 Å². The van der Waals surface area contributed by atoms with Crippen LogP contribution in [0.1, 0.15) is 37.5 Å². The summed E-state index contributed by atoms with van der Waals surface area (Å²) >= 11 is 1.39. The van der Waals surface area contributed by atoms with Crippen LogP contribution in [-0.2, 0) is 16.6 Å². The van der Waals surface area contributed by atoms with Crippen molar-refractivity contribution < 1.29 is 8.42 Å². The number of piperidine rings is 1. The molecular formula is C14H25N3O2S2. The summed E-state index contributed by atoms with van der Waals surface area (Å²) in [7, 11) is -3.41. The summed E-state index contributed by atoms with van der Waals surface area (Å²) in [6.07, 6.45) is 4.65. The Hall–Kier alpha value is -0.470. The minimum absolute atomic E-state index is 0.263. The van der Waals surface area contributed by atoms with Crippen molar-refractivity contribution in [2.24, 2.45) is 5.73 Å². The molecule has 2 heterocycles. The van der Waals surface area contributed by atoms with Gasteiger partial charge in [-0.2, -0.15) is 0 Å². The van der Waals surface area contributed by atoms with Gasteiger partial charge < -0.3 is 10.6 Å². The van der Waals surface area contributed by atoms with Crippen LogP contribution in [0.25, 0.3) is 0 Å². The number of nitrogens with two attached hydrogens (primary N) is 1. The average Bonchev–Trinajstić information content (AvgIpc) is 2.95. The van der Waals surface area contributed by atoms with E-state index >= 15 is 0 Å². The van der Waals surface area contributed by atoms with Crippen molar-refractivity contribution in [3.8, 4) is 0 Å². The Morgan fingerprint density at radius 3 is 3.00 bits per heavy atom. The molecule has 7 heteroatoms. The summed E-state index contributed by atoms with van der Waals surface area (Å²) in [5.41, 5.74) is 5.57. The largest absolute Gasteiger partial charge is 0.326 e. The van der Waals surface area contributed by atoms with Crippen molar-refractivity contribution in [1.29, 1.82) is 0 Å². The van der Waals surface area contributed by atoms with Crippen molar-refractivity contribution in [3.63, 3.8) is 0 Å². The fourth-order valence-corrected chi connectivity index (χ4v) is 5.18. The standard InChI is InChI=1S/C14H25N3O2S2/c1-12-5-2-3-8-17(12)9-4-7-16-21(18,19)14-6-10-20-13(14)11-15/h6,10,12,16H,2-5,7-9,11,15H2,1H3. The van der Waals surface area contributed by atoms with E-state index in [1.165, 1.54) is 30.6 Å². The van der Waals surface area contributed by atoms with Gasteiger partial charge in [0.15, 0.2) is 0 Å². The fourth-order valence-electron chi connectivity index (χ4n) is 2.77. The van der Waals surface area contributed by atoms with Crippen molar-refractivity contribution in [3.05, 3.63) is 16.3 Å². The zero-order chi connectivity index (χ0) is 15.3. The molecule has 1 aliphatic rings. The van der Waals surface area contributed by atoms with E-state index in [1.807, 2.05) is 0 Å². The highest BCUT2D eigenvalue weighted by atomic mass is 32.2. The Kier molecular flexibility index (Phi) is 6.19. The van der Waals surface area contributed by atoms with Crippen molar-refractivity contribution in [2.75, 3.05) is 19.6 Å². The van der Waals surface area contributed by atoms with Crippen LogP contribution >= 0.6 is 11.3 Å². The smallest absolute Gasteiger partial charge is 0.241 e. The number of hydrogen-bond acceptors (Lipinski definition) is 5. The first-order chi connectivity index (χ1) is 10.0. The molecule has 3 N–H and O–H groups in total. The van der Waals surface area contributed by atoms with Crippen LogP contribution in [0.5, 0.6) is 0 Å². The second-order valence-corrected chi connectivity index (χ2v) is 8.28. The van der Waals surface area contributed by atoms with Crippen molar-refractivity contribution in [1.82, 2.24) is 9.62 Å². The van der Waals surface area contributed by atoms with E-state index in [9.17, 15) is 8.42 Å². The van der Waals surface area contributed by atoms with Crippen LogP contribution in [-0.4, -0.2) is 39.0 Å². The molecule has 0 spiro atoms. The van der Waals surface area contributed by atoms with Gasteiger partial charge in [0.25, 0.3) is 0 Å². The third kappa shape index (κ3) is 4.50. The number of nitrogens with zero attached hydrogens (tertiary/aromatic N) is 1. The topological polar surface area (TPSA) is 75.4 Å². The molecule has 5 nitrogen and oxygen atoms in total. The summed E-state index contributed by atoms with van der Waals surface area (Å²) in [6.45, 7) is 5.08. The van der Waals surface area contributed by atoms with Gasteiger partial charge in [-0.3, -0.25) is 0 Å². The Morgan fingerprint density at radius 1 is 1.48 bits per heavy atom. The second-order valence-electron chi connectivity index (χ2n) is 5.54. The second kappa shape index (κ2) is 7.69. The lowest BCUT2D eigenvalue weighted by Crippen LogP contribution is -2.39. The summed E-state index contributed by atoms with van der Waals surface area (Å²) < 4.78 is 27.1. The molecule has 120 valence electrons. The average molecular weight is 332 g/mol. The maximum absolute atomic E-state index is 12.2. The molecule has 0 aliphatic carbocycles. The molecule has 1 atom stereocenters. The van der Waals surface area contributed by atoms with Gasteiger partial charge in [0.2, 0.25) is 10.0 Å². The molecule has 21 heavy (non-hydrogen) atoms. The third-order valence-corrected chi connectivity index (χ3v) is 6.65. The minimum Gasteiger partial charge on any atom is -0.326 e. The SMILES string of the molecule is CC1CCCCN1CCCNS(=O)(=O)c1ccsc1CN. The first-order valence-corrected chi connectivity index (χ1v) is 9.91. The summed E-state index contributed by atoms with van der Waals surface area (Å²) in [6, 6.07) is 2.25. The molecule has 1 aliphatic heterocycles. The van der Waals surface area contributed by atoms with E-state index in [0.717, 1.165) is 19.5 Å². The molecule has 0 bridgehead atoms. The van der Waals surface area contributed by atoms with Crippen LogP contribution in [0.3, 0.4) is 0 Å². The summed E-state index contributed by atoms with van der Waals surface area (Å²) in [4.78, 5) is 3.50. The van der Waals surface area contributed by atoms with Gasteiger partial charge in [-0.25, -0.2) is 13.1 Å². The van der Waals surface area contributed by atoms with Crippen molar-refractivity contribution >= 4 is 21.4 Å². The molecule has 1 aromatic heterocycles. The van der Waals surface area contributed by atoms with Crippen LogP contribution < -0.4 is 10.5 Å². The molecule has 0 saturated carbocycles. The number of likely N-dealkylation sites (tertiary alicyclic amines) is 1. The first kappa shape index (κ1) is 16.9. The highest BCUT2D eigenvalue weighted by molar-refractivity contribution is 7.89. The number of sulfonamides is 1. The van der Waals surface area contributed by atoms with Gasteiger partial charge in [-0.1, -0.05) is 6.42 Å². The van der Waals surface area contributed by atoms with E-state index in [0.29, 0.717) is 22.4 Å². The highest BCUT2D eigenvalue weighted by Crippen LogP contribution is 2.21. The van der Waals surface area contributed by atoms with Gasteiger partial charge in [0.1, 0.15) is 0 Å². The fraction of sp³-hybridized carbons (Fsp3) is 0.714. The van der Waals surface area contributed by atoms with E-state index in [4.69, 9.17) is 5.73 Å². The van der Waals surface area contributed by atoms with Gasteiger partial charge in [-0.15, -0.1) is 11.3 Å². The molecule has 1 fully saturated rings. The lowest BCUT2D eigenvalue weighted by Gasteiger charge is -2.33. The molecule has 2 rings (SSSR count). The van der Waals surface area contributed by atoms with Crippen LogP contribution in [0.4, 0.5) is 0 Å². The predicted molar refractivity (Wildman–Crippen MR) is 86.9 cm³/mol. The Labute approximate surface area is 131 Å². The molecular weight excluding hydrogens is 306 g/mol. The summed E-state index contributed by atoms with van der Waals surface area (Å²) in [5.74, 6) is 0. The van der Waals surface area contributed by atoms with Gasteiger partial charge >= 0.3 is 0 Å². The van der Waals surface area contributed by atoms with E-state index < -0.39 is 10.0 Å². The van der Waals surface area contributed by atoms with E-state index in [2.05, 4.69) is 16.5 Å². The van der Waals surface area contributed by atoms with Crippen LogP contribution in [0.15, 0.2) is 16.3 Å². The Balaban J connectivity index is 1.80. The highest BCUT2D eigenvalue weighted by Gasteiger charge is 2.20. The molecule has 0 radical (unpaired) electrons. The summed E-state index contributed by atoms with van der Waals surface area (Å²) in [5, 5.41) is 1.77. The molecule has 1 saturated heterocycles. The Morgan fingerprint density at radius 2 is 2.29 bits per heavy atom. The zero-order valence-electron chi connectivity index (χ0n) is 12.5. The normalized spacial score (nSPS) is 20.8. The van der Waals surface area contributed by atoms with Crippen molar-refractivity contribution in [2.45, 2.75) is 50.1 Å². The van der Waals surface area contributed by atoms with Gasteiger partial charge in [0, 0.05) is 24.0 Å². The van der Waals surface area contributed by atoms with E-state index in [-0.39, 0.29) is 6.54 Å². The van der Waals surface area contributed by atoms with Crippen LogP contribution in [0.2, 0.25) is 0 Å².